The Morgan fingerprint density at radius 1 is 0.941 bits per heavy atom. The van der Waals surface area contributed by atoms with E-state index in [4.69, 9.17) is 9.47 Å². The van der Waals surface area contributed by atoms with Gasteiger partial charge in [-0.1, -0.05) is 6.58 Å². The van der Waals surface area contributed by atoms with Crippen LogP contribution in [-0.4, -0.2) is 47.8 Å². The normalized spacial score (nSPS) is 27.6. The van der Waals surface area contributed by atoms with E-state index in [1.807, 2.05) is 0 Å². The van der Waals surface area contributed by atoms with Gasteiger partial charge in [0.05, 0.1) is 11.2 Å². The van der Waals surface area contributed by atoms with Crippen molar-refractivity contribution in [2.75, 3.05) is 26.4 Å². The fraction of sp³-hybridized carbons (Fsp3) is 0.846. The topological polar surface area (TPSA) is 58.9 Å². The molecule has 2 N–H and O–H groups in total. The predicted octanol–water partition coefficient (Wildman–Crippen LogP) is 1.02. The largest absolute Gasteiger partial charge is 0.389 e. The van der Waals surface area contributed by atoms with Gasteiger partial charge in [-0.05, 0) is 24.8 Å². The van der Waals surface area contributed by atoms with Crippen LogP contribution in [0.2, 0.25) is 0 Å². The van der Waals surface area contributed by atoms with Gasteiger partial charge in [0.2, 0.25) is 0 Å². The summed E-state index contributed by atoms with van der Waals surface area (Å²) in [5, 5.41) is 20.9. The molecule has 0 aromatic carbocycles. The molecular weight excluding hydrogens is 220 g/mol. The first kappa shape index (κ1) is 13.0. The van der Waals surface area contributed by atoms with Crippen LogP contribution < -0.4 is 0 Å². The van der Waals surface area contributed by atoms with Gasteiger partial charge in [0, 0.05) is 39.3 Å². The summed E-state index contributed by atoms with van der Waals surface area (Å²) in [5.74, 6) is 0. The molecule has 98 valence electrons. The van der Waals surface area contributed by atoms with Crippen molar-refractivity contribution in [1.82, 2.24) is 0 Å². The van der Waals surface area contributed by atoms with E-state index in [1.165, 1.54) is 0 Å². The Hall–Kier alpha value is -0.420. The smallest absolute Gasteiger partial charge is 0.0899 e. The molecule has 2 aliphatic heterocycles. The number of aliphatic hydroxyl groups is 2. The van der Waals surface area contributed by atoms with Gasteiger partial charge in [-0.3, -0.25) is 0 Å². The monoisotopic (exact) mass is 242 g/mol. The van der Waals surface area contributed by atoms with Crippen molar-refractivity contribution in [1.29, 1.82) is 0 Å². The van der Waals surface area contributed by atoms with Gasteiger partial charge in [0.15, 0.2) is 0 Å². The number of rotatable bonds is 3. The van der Waals surface area contributed by atoms with Gasteiger partial charge in [-0.25, -0.2) is 0 Å². The molecule has 0 radical (unpaired) electrons. The van der Waals surface area contributed by atoms with Crippen molar-refractivity contribution in [3.05, 3.63) is 12.2 Å². The molecule has 2 fully saturated rings. The van der Waals surface area contributed by atoms with Gasteiger partial charge in [-0.2, -0.15) is 0 Å². The Kier molecular flexibility index (Phi) is 3.88. The molecular formula is C13H22O4. The molecule has 0 atom stereocenters. The molecule has 4 heteroatoms. The molecule has 0 spiro atoms. The molecule has 0 aromatic heterocycles. The second-order valence-electron chi connectivity index (χ2n) is 5.26. The molecule has 0 amide bonds. The van der Waals surface area contributed by atoms with Crippen LogP contribution in [0.25, 0.3) is 0 Å². The lowest BCUT2D eigenvalue weighted by molar-refractivity contribution is -0.0789. The van der Waals surface area contributed by atoms with Crippen molar-refractivity contribution < 1.29 is 19.7 Å². The lowest BCUT2D eigenvalue weighted by Gasteiger charge is -2.39. The van der Waals surface area contributed by atoms with Crippen molar-refractivity contribution in [3.63, 3.8) is 0 Å². The van der Waals surface area contributed by atoms with E-state index in [0.29, 0.717) is 58.5 Å². The summed E-state index contributed by atoms with van der Waals surface area (Å²) in [6.45, 7) is 6.29. The average molecular weight is 242 g/mol. The third kappa shape index (κ3) is 3.07. The molecule has 2 saturated heterocycles. The highest BCUT2D eigenvalue weighted by molar-refractivity contribution is 5.16. The van der Waals surface area contributed by atoms with Crippen molar-refractivity contribution >= 4 is 0 Å². The second kappa shape index (κ2) is 5.06. The van der Waals surface area contributed by atoms with Crippen molar-refractivity contribution in [2.24, 2.45) is 0 Å². The average Bonchev–Trinajstić information content (AvgIpc) is 2.30. The standard InChI is InChI=1S/C13H22O4/c1-11(13(15)4-8-17-9-5-13)10-12(14)2-6-16-7-3-12/h14-15H,1-10H2. The molecule has 2 aliphatic rings. The maximum absolute atomic E-state index is 10.5. The minimum Gasteiger partial charge on any atom is -0.389 e. The minimum absolute atomic E-state index is 0.465. The third-order valence-electron chi connectivity index (χ3n) is 3.94. The summed E-state index contributed by atoms with van der Waals surface area (Å²) in [7, 11) is 0. The summed E-state index contributed by atoms with van der Waals surface area (Å²) in [6, 6.07) is 0. The van der Waals surface area contributed by atoms with Crippen LogP contribution in [0.4, 0.5) is 0 Å². The fourth-order valence-electron chi connectivity index (χ4n) is 2.55. The highest BCUT2D eigenvalue weighted by Crippen LogP contribution is 2.35. The van der Waals surface area contributed by atoms with E-state index in [-0.39, 0.29) is 0 Å². The van der Waals surface area contributed by atoms with Gasteiger partial charge in [0.1, 0.15) is 0 Å². The van der Waals surface area contributed by atoms with Gasteiger partial charge < -0.3 is 19.7 Å². The van der Waals surface area contributed by atoms with Crippen LogP contribution in [-0.2, 0) is 9.47 Å². The van der Waals surface area contributed by atoms with Crippen molar-refractivity contribution in [3.8, 4) is 0 Å². The number of hydrogen-bond acceptors (Lipinski definition) is 4. The zero-order chi connectivity index (χ0) is 12.4. The summed E-state index contributed by atoms with van der Waals surface area (Å²) in [6.07, 6.45) is 2.88. The van der Waals surface area contributed by atoms with Crippen LogP contribution in [0.1, 0.15) is 32.1 Å². The Balaban J connectivity index is 1.95. The van der Waals surface area contributed by atoms with E-state index in [0.717, 1.165) is 5.57 Å². The van der Waals surface area contributed by atoms with Crippen molar-refractivity contribution in [2.45, 2.75) is 43.3 Å². The minimum atomic E-state index is -0.855. The predicted molar refractivity (Wildman–Crippen MR) is 63.8 cm³/mol. The molecule has 0 saturated carbocycles. The second-order valence-corrected chi connectivity index (χ2v) is 5.26. The molecule has 0 unspecified atom stereocenters. The lowest BCUT2D eigenvalue weighted by atomic mass is 9.78. The first-order valence-corrected chi connectivity index (χ1v) is 6.33. The van der Waals surface area contributed by atoms with Gasteiger partial charge >= 0.3 is 0 Å². The molecule has 0 bridgehead atoms. The fourth-order valence-corrected chi connectivity index (χ4v) is 2.55. The van der Waals surface area contributed by atoms with Crippen LogP contribution in [0.5, 0.6) is 0 Å². The molecule has 4 nitrogen and oxygen atoms in total. The zero-order valence-corrected chi connectivity index (χ0v) is 10.3. The van der Waals surface area contributed by atoms with Crippen LogP contribution >= 0.6 is 0 Å². The van der Waals surface area contributed by atoms with Crippen LogP contribution in [0, 0.1) is 0 Å². The Morgan fingerprint density at radius 2 is 1.41 bits per heavy atom. The van der Waals surface area contributed by atoms with E-state index in [9.17, 15) is 10.2 Å². The maximum Gasteiger partial charge on any atom is 0.0899 e. The highest BCUT2D eigenvalue weighted by atomic mass is 16.5. The van der Waals surface area contributed by atoms with E-state index < -0.39 is 11.2 Å². The SMILES string of the molecule is C=C(CC1(O)CCOCC1)C1(O)CCOCC1. The van der Waals surface area contributed by atoms with E-state index in [1.54, 1.807) is 0 Å². The quantitative estimate of drug-likeness (QED) is 0.725. The summed E-state index contributed by atoms with van der Waals surface area (Å²) in [5.41, 5.74) is -0.861. The summed E-state index contributed by atoms with van der Waals surface area (Å²) in [4.78, 5) is 0. The number of hydrogen-bond donors (Lipinski definition) is 2. The van der Waals surface area contributed by atoms with E-state index in [2.05, 4.69) is 6.58 Å². The molecule has 17 heavy (non-hydrogen) atoms. The molecule has 0 aromatic rings. The summed E-state index contributed by atoms with van der Waals surface area (Å²) < 4.78 is 10.5. The van der Waals surface area contributed by atoms with Gasteiger partial charge in [-0.15, -0.1) is 0 Å². The van der Waals surface area contributed by atoms with Gasteiger partial charge in [0.25, 0.3) is 0 Å². The lowest BCUT2D eigenvalue weighted by Crippen LogP contribution is -2.43. The Morgan fingerprint density at radius 3 is 1.94 bits per heavy atom. The Labute approximate surface area is 102 Å². The third-order valence-corrected chi connectivity index (χ3v) is 3.94. The summed E-state index contributed by atoms with van der Waals surface area (Å²) >= 11 is 0. The molecule has 0 aliphatic carbocycles. The Bertz CT molecular complexity index is 275. The zero-order valence-electron chi connectivity index (χ0n) is 10.3. The maximum atomic E-state index is 10.5. The molecule has 2 heterocycles. The van der Waals surface area contributed by atoms with Crippen LogP contribution in [0.3, 0.4) is 0 Å². The highest BCUT2D eigenvalue weighted by Gasteiger charge is 2.38. The van der Waals surface area contributed by atoms with E-state index >= 15 is 0 Å². The number of ether oxygens (including phenoxy) is 2. The van der Waals surface area contributed by atoms with Crippen LogP contribution in [0.15, 0.2) is 12.2 Å². The first-order chi connectivity index (χ1) is 8.04. The first-order valence-electron chi connectivity index (χ1n) is 6.33. The molecule has 2 rings (SSSR count).